The van der Waals surface area contributed by atoms with Crippen molar-refractivity contribution in [3.8, 4) is 0 Å². The maximum atomic E-state index is 12.3. The summed E-state index contributed by atoms with van der Waals surface area (Å²) in [4.78, 5) is 24.6. The van der Waals surface area contributed by atoms with Crippen LogP contribution in [0.4, 0.5) is 0 Å². The summed E-state index contributed by atoms with van der Waals surface area (Å²) in [5.41, 5.74) is 1.06. The van der Waals surface area contributed by atoms with Gasteiger partial charge in [-0.15, -0.1) is 6.58 Å². The van der Waals surface area contributed by atoms with Gasteiger partial charge in [0, 0.05) is 6.54 Å². The third kappa shape index (κ3) is 6.54. The molecule has 0 spiro atoms. The van der Waals surface area contributed by atoms with E-state index in [1.165, 1.54) is 4.90 Å². The van der Waals surface area contributed by atoms with Gasteiger partial charge in [-0.1, -0.05) is 36.4 Å². The predicted octanol–water partition coefficient (Wildman–Crippen LogP) is 2.12. The van der Waals surface area contributed by atoms with E-state index < -0.39 is 12.1 Å². The van der Waals surface area contributed by atoms with E-state index in [4.69, 9.17) is 9.84 Å². The molecule has 1 aromatic carbocycles. The molecule has 0 aliphatic heterocycles. The van der Waals surface area contributed by atoms with Crippen LogP contribution in [0.5, 0.6) is 0 Å². The smallest absolute Gasteiger partial charge is 0.323 e. The molecule has 5 nitrogen and oxygen atoms in total. The molecule has 1 N–H and O–H groups in total. The van der Waals surface area contributed by atoms with Crippen LogP contribution in [-0.2, 0) is 20.7 Å². The van der Waals surface area contributed by atoms with Crippen molar-refractivity contribution in [2.45, 2.75) is 25.9 Å². The number of carbonyl (C=O) groups excluding carboxylic acids is 1. The van der Waals surface area contributed by atoms with Gasteiger partial charge < -0.3 is 14.7 Å². The Bertz CT molecular complexity index is 487. The molecular weight excluding hydrogens is 282 g/mol. The highest BCUT2D eigenvalue weighted by Crippen LogP contribution is 2.05. The van der Waals surface area contributed by atoms with Crippen molar-refractivity contribution in [3.63, 3.8) is 0 Å². The maximum Gasteiger partial charge on any atom is 0.323 e. The number of nitrogens with zero attached hydrogens (tertiary/aromatic N) is 1. The Morgan fingerprint density at radius 1 is 1.36 bits per heavy atom. The zero-order valence-corrected chi connectivity index (χ0v) is 12.9. The van der Waals surface area contributed by atoms with Crippen LogP contribution in [0.25, 0.3) is 0 Å². The molecule has 0 aromatic heterocycles. The molecule has 0 aliphatic carbocycles. The first-order chi connectivity index (χ1) is 10.5. The van der Waals surface area contributed by atoms with Crippen molar-refractivity contribution in [2.24, 2.45) is 0 Å². The van der Waals surface area contributed by atoms with E-state index in [1.807, 2.05) is 30.3 Å². The Morgan fingerprint density at radius 2 is 2.05 bits per heavy atom. The highest BCUT2D eigenvalue weighted by molar-refractivity contribution is 5.84. The molecular formula is C17H23NO4. The normalized spacial score (nSPS) is 11.7. The second kappa shape index (κ2) is 9.73. The second-order valence-electron chi connectivity index (χ2n) is 4.98. The summed E-state index contributed by atoms with van der Waals surface area (Å²) >= 11 is 0. The SMILES string of the molecule is C=CCCOC(C)C(=O)N(CCc1ccccc1)CC(=O)O. The third-order valence-corrected chi connectivity index (χ3v) is 3.19. The van der Waals surface area contributed by atoms with E-state index in [2.05, 4.69) is 6.58 Å². The first-order valence-electron chi connectivity index (χ1n) is 7.31. The highest BCUT2D eigenvalue weighted by atomic mass is 16.5. The molecule has 1 aromatic rings. The molecule has 0 saturated carbocycles. The monoisotopic (exact) mass is 305 g/mol. The summed E-state index contributed by atoms with van der Waals surface area (Å²) in [5, 5.41) is 8.98. The van der Waals surface area contributed by atoms with E-state index in [0.29, 0.717) is 26.0 Å². The van der Waals surface area contributed by atoms with Gasteiger partial charge in [0.25, 0.3) is 5.91 Å². The molecule has 0 radical (unpaired) electrons. The first kappa shape index (κ1) is 17.9. The van der Waals surface area contributed by atoms with Crippen LogP contribution < -0.4 is 0 Å². The van der Waals surface area contributed by atoms with Crippen molar-refractivity contribution >= 4 is 11.9 Å². The average molecular weight is 305 g/mol. The molecule has 0 fully saturated rings. The van der Waals surface area contributed by atoms with Crippen LogP contribution in [-0.4, -0.2) is 47.7 Å². The quantitative estimate of drug-likeness (QED) is 0.531. The standard InChI is InChI=1S/C17H23NO4/c1-3-4-12-22-14(2)17(21)18(13-16(19)20)11-10-15-8-6-5-7-9-15/h3,5-9,14H,1,4,10-13H2,2H3,(H,19,20). The molecule has 0 aliphatic rings. The van der Waals surface area contributed by atoms with Gasteiger partial charge in [-0.2, -0.15) is 0 Å². The zero-order valence-electron chi connectivity index (χ0n) is 12.9. The van der Waals surface area contributed by atoms with Gasteiger partial charge in [0.1, 0.15) is 12.6 Å². The zero-order chi connectivity index (χ0) is 16.4. The van der Waals surface area contributed by atoms with Crippen molar-refractivity contribution in [1.82, 2.24) is 4.90 Å². The lowest BCUT2D eigenvalue weighted by atomic mass is 10.1. The van der Waals surface area contributed by atoms with Crippen LogP contribution in [0.3, 0.4) is 0 Å². The van der Waals surface area contributed by atoms with E-state index in [9.17, 15) is 9.59 Å². The summed E-state index contributed by atoms with van der Waals surface area (Å²) in [6.07, 6.45) is 2.32. The molecule has 0 bridgehead atoms. The maximum absolute atomic E-state index is 12.3. The van der Waals surface area contributed by atoms with Gasteiger partial charge in [0.2, 0.25) is 0 Å². The van der Waals surface area contributed by atoms with Crippen molar-refractivity contribution in [1.29, 1.82) is 0 Å². The number of aliphatic carboxylic acids is 1. The van der Waals surface area contributed by atoms with Gasteiger partial charge in [0.05, 0.1) is 6.61 Å². The number of carboxylic acid groups (broad SMARTS) is 1. The number of benzene rings is 1. The number of carbonyl (C=O) groups is 2. The summed E-state index contributed by atoms with van der Waals surface area (Å²) in [7, 11) is 0. The van der Waals surface area contributed by atoms with Gasteiger partial charge in [0.15, 0.2) is 0 Å². The summed E-state index contributed by atoms with van der Waals surface area (Å²) < 4.78 is 5.40. The predicted molar refractivity (Wildman–Crippen MR) is 84.6 cm³/mol. The lowest BCUT2D eigenvalue weighted by Gasteiger charge is -2.24. The van der Waals surface area contributed by atoms with E-state index in [-0.39, 0.29) is 12.5 Å². The Morgan fingerprint density at radius 3 is 2.64 bits per heavy atom. The lowest BCUT2D eigenvalue weighted by Crippen LogP contribution is -2.43. The summed E-state index contributed by atoms with van der Waals surface area (Å²) in [5.74, 6) is -1.33. The van der Waals surface area contributed by atoms with Gasteiger partial charge in [-0.3, -0.25) is 9.59 Å². The molecule has 120 valence electrons. The largest absolute Gasteiger partial charge is 0.480 e. The van der Waals surface area contributed by atoms with Gasteiger partial charge in [-0.25, -0.2) is 0 Å². The number of hydrogen-bond acceptors (Lipinski definition) is 3. The fraction of sp³-hybridized carbons (Fsp3) is 0.412. The Balaban J connectivity index is 2.60. The number of ether oxygens (including phenoxy) is 1. The summed E-state index contributed by atoms with van der Waals surface area (Å²) in [6.45, 7) is 5.66. The van der Waals surface area contributed by atoms with Crippen molar-refractivity contribution in [3.05, 3.63) is 48.6 Å². The molecule has 1 rings (SSSR count). The van der Waals surface area contributed by atoms with Crippen LogP contribution >= 0.6 is 0 Å². The number of carboxylic acids is 1. The van der Waals surface area contributed by atoms with Crippen molar-refractivity contribution < 1.29 is 19.4 Å². The molecule has 0 saturated heterocycles. The van der Waals surface area contributed by atoms with Crippen LogP contribution in [0.2, 0.25) is 0 Å². The van der Waals surface area contributed by atoms with Crippen LogP contribution in [0.1, 0.15) is 18.9 Å². The van der Waals surface area contributed by atoms with E-state index in [0.717, 1.165) is 5.56 Å². The topological polar surface area (TPSA) is 66.8 Å². The fourth-order valence-electron chi connectivity index (χ4n) is 2.00. The molecule has 1 unspecified atom stereocenters. The third-order valence-electron chi connectivity index (χ3n) is 3.19. The molecule has 1 atom stereocenters. The lowest BCUT2D eigenvalue weighted by molar-refractivity contribution is -0.150. The highest BCUT2D eigenvalue weighted by Gasteiger charge is 2.22. The van der Waals surface area contributed by atoms with E-state index in [1.54, 1.807) is 13.0 Å². The second-order valence-corrected chi connectivity index (χ2v) is 4.98. The van der Waals surface area contributed by atoms with E-state index >= 15 is 0 Å². The Hall–Kier alpha value is -2.14. The number of hydrogen-bond donors (Lipinski definition) is 1. The van der Waals surface area contributed by atoms with Gasteiger partial charge >= 0.3 is 5.97 Å². The fourth-order valence-corrected chi connectivity index (χ4v) is 2.00. The molecule has 22 heavy (non-hydrogen) atoms. The minimum Gasteiger partial charge on any atom is -0.480 e. The Kier molecular flexibility index (Phi) is 7.92. The minimum atomic E-state index is -1.03. The number of rotatable bonds is 10. The van der Waals surface area contributed by atoms with Crippen molar-refractivity contribution in [2.75, 3.05) is 19.7 Å². The van der Waals surface area contributed by atoms with Crippen LogP contribution in [0.15, 0.2) is 43.0 Å². The molecule has 1 amide bonds. The average Bonchev–Trinajstić information content (AvgIpc) is 2.51. The van der Waals surface area contributed by atoms with Crippen LogP contribution in [0, 0.1) is 0 Å². The molecule has 5 heteroatoms. The first-order valence-corrected chi connectivity index (χ1v) is 7.31. The van der Waals surface area contributed by atoms with Gasteiger partial charge in [-0.05, 0) is 25.3 Å². The number of amides is 1. The summed E-state index contributed by atoms with van der Waals surface area (Å²) in [6, 6.07) is 9.65. The Labute approximate surface area is 131 Å². The molecule has 0 heterocycles. The minimum absolute atomic E-state index is 0.303.